The Labute approximate surface area is 161 Å². The number of quaternary nitrogens is 1. The lowest BCUT2D eigenvalue weighted by molar-refractivity contribution is -0.943. The normalized spacial score (nSPS) is 18.3. The van der Waals surface area contributed by atoms with E-state index >= 15 is 0 Å². The van der Waals surface area contributed by atoms with E-state index in [1.165, 1.54) is 12.8 Å². The number of hydrogen-bond acceptors (Lipinski definition) is 4. The van der Waals surface area contributed by atoms with Crippen LogP contribution in [0.15, 0.2) is 24.3 Å². The average Bonchev–Trinajstić information content (AvgIpc) is 2.86. The Balaban J connectivity index is 2.09. The van der Waals surface area contributed by atoms with Crippen LogP contribution < -0.4 is 0 Å². The minimum Gasteiger partial charge on any atom is -0.385 e. The van der Waals surface area contributed by atoms with Gasteiger partial charge in [0.25, 0.3) is 5.69 Å². The van der Waals surface area contributed by atoms with Gasteiger partial charge in [0, 0.05) is 17.7 Å². The van der Waals surface area contributed by atoms with Gasteiger partial charge < -0.3 is 14.3 Å². The summed E-state index contributed by atoms with van der Waals surface area (Å²) in [4.78, 5) is 10.5. The maximum Gasteiger partial charge on any atom is 0.269 e. The van der Waals surface area contributed by atoms with Crippen LogP contribution in [-0.4, -0.2) is 52.5 Å². The van der Waals surface area contributed by atoms with Crippen LogP contribution in [0.4, 0.5) is 5.69 Å². The summed E-state index contributed by atoms with van der Waals surface area (Å²) in [6.45, 7) is 7.17. The van der Waals surface area contributed by atoms with E-state index in [0.717, 1.165) is 42.5 Å². The molecule has 1 aromatic rings. The predicted molar refractivity (Wildman–Crippen MR) is 105 cm³/mol. The van der Waals surface area contributed by atoms with Crippen molar-refractivity contribution in [1.29, 1.82) is 0 Å². The maximum atomic E-state index is 10.9. The molecular formula is C21H31N2O4+. The van der Waals surface area contributed by atoms with Crippen LogP contribution in [0.1, 0.15) is 45.1 Å². The molecule has 1 fully saturated rings. The second kappa shape index (κ2) is 9.32. The molecule has 0 aromatic heterocycles. The fraction of sp³-hybridized carbons (Fsp3) is 0.619. The molecule has 1 heterocycles. The Kier molecular flexibility index (Phi) is 7.37. The quantitative estimate of drug-likeness (QED) is 0.328. The van der Waals surface area contributed by atoms with E-state index in [9.17, 15) is 15.2 Å². The average molecular weight is 375 g/mol. The second-order valence-electron chi connectivity index (χ2n) is 8.09. The molecule has 1 saturated heterocycles. The van der Waals surface area contributed by atoms with Crippen LogP contribution in [0, 0.1) is 22.5 Å². The van der Waals surface area contributed by atoms with Gasteiger partial charge in [0.1, 0.15) is 24.8 Å². The summed E-state index contributed by atoms with van der Waals surface area (Å²) < 4.78 is 6.46. The minimum atomic E-state index is -0.692. The first kappa shape index (κ1) is 21.4. The highest BCUT2D eigenvalue weighted by atomic mass is 16.6. The summed E-state index contributed by atoms with van der Waals surface area (Å²) >= 11 is 0. The van der Waals surface area contributed by atoms with Crippen molar-refractivity contribution in [1.82, 2.24) is 0 Å². The smallest absolute Gasteiger partial charge is 0.269 e. The number of hydrogen-bond donors (Lipinski definition) is 1. The van der Waals surface area contributed by atoms with Crippen molar-refractivity contribution < 1.29 is 19.2 Å². The van der Waals surface area contributed by atoms with Crippen molar-refractivity contribution >= 4 is 5.69 Å². The third kappa shape index (κ3) is 6.62. The number of benzene rings is 1. The predicted octanol–water partition coefficient (Wildman–Crippen LogP) is 3.27. The third-order valence-corrected chi connectivity index (χ3v) is 5.26. The molecule has 0 spiro atoms. The molecule has 0 saturated carbocycles. The highest BCUT2D eigenvalue weighted by molar-refractivity contribution is 5.32. The van der Waals surface area contributed by atoms with Crippen LogP contribution in [0.5, 0.6) is 0 Å². The summed E-state index contributed by atoms with van der Waals surface area (Å²) in [6, 6.07) is 6.76. The molecular weight excluding hydrogens is 344 g/mol. The fourth-order valence-electron chi connectivity index (χ4n) is 3.72. The maximum absolute atomic E-state index is 10.9. The summed E-state index contributed by atoms with van der Waals surface area (Å²) in [5.74, 6) is 2.58. The monoisotopic (exact) mass is 375 g/mol. The highest BCUT2D eigenvalue weighted by Crippen LogP contribution is 2.24. The van der Waals surface area contributed by atoms with Gasteiger partial charge in [-0.2, -0.15) is 0 Å². The van der Waals surface area contributed by atoms with Crippen molar-refractivity contribution in [2.24, 2.45) is 0 Å². The lowest BCUT2D eigenvalue weighted by Crippen LogP contribution is -2.53. The number of aliphatic hydroxyl groups excluding tert-OH is 1. The van der Waals surface area contributed by atoms with E-state index in [0.29, 0.717) is 6.54 Å². The van der Waals surface area contributed by atoms with Crippen LogP contribution in [0.3, 0.4) is 0 Å². The third-order valence-electron chi connectivity index (χ3n) is 5.26. The largest absolute Gasteiger partial charge is 0.385 e. The Morgan fingerprint density at radius 1 is 1.26 bits per heavy atom. The van der Waals surface area contributed by atoms with Crippen LogP contribution in [0.2, 0.25) is 0 Å². The van der Waals surface area contributed by atoms with Gasteiger partial charge in [0.15, 0.2) is 0 Å². The van der Waals surface area contributed by atoms with E-state index in [1.807, 2.05) is 26.0 Å². The Morgan fingerprint density at radius 3 is 2.37 bits per heavy atom. The summed E-state index contributed by atoms with van der Waals surface area (Å²) in [6.07, 6.45) is 9.50. The minimum absolute atomic E-state index is 0.103. The molecule has 0 radical (unpaired) electrons. The van der Waals surface area contributed by atoms with E-state index in [4.69, 9.17) is 11.2 Å². The zero-order valence-electron chi connectivity index (χ0n) is 16.4. The van der Waals surface area contributed by atoms with Gasteiger partial charge in [-0.05, 0) is 51.7 Å². The topological polar surface area (TPSA) is 72.6 Å². The van der Waals surface area contributed by atoms with E-state index in [2.05, 4.69) is 5.92 Å². The number of ether oxygens (including phenoxy) is 1. The molecule has 0 amide bonds. The van der Waals surface area contributed by atoms with Crippen molar-refractivity contribution in [2.45, 2.75) is 57.8 Å². The Morgan fingerprint density at radius 2 is 1.85 bits per heavy atom. The molecule has 1 aliphatic heterocycles. The molecule has 1 aliphatic rings. The van der Waals surface area contributed by atoms with Gasteiger partial charge in [-0.3, -0.25) is 10.1 Å². The van der Waals surface area contributed by atoms with Crippen molar-refractivity contribution in [3.63, 3.8) is 0 Å². The molecule has 1 N–H and O–H groups in total. The number of non-ortho nitro benzene ring substituents is 1. The van der Waals surface area contributed by atoms with E-state index in [1.54, 1.807) is 12.1 Å². The highest BCUT2D eigenvalue weighted by Gasteiger charge is 2.32. The number of rotatable bonds is 8. The molecule has 6 heteroatoms. The van der Waals surface area contributed by atoms with E-state index < -0.39 is 11.7 Å². The van der Waals surface area contributed by atoms with Crippen molar-refractivity contribution in [3.8, 4) is 12.3 Å². The first-order valence-electron chi connectivity index (χ1n) is 9.63. The van der Waals surface area contributed by atoms with E-state index in [-0.39, 0.29) is 17.2 Å². The first-order chi connectivity index (χ1) is 12.8. The van der Waals surface area contributed by atoms with Crippen LogP contribution >= 0.6 is 0 Å². The number of terminal acetylenes is 1. The van der Waals surface area contributed by atoms with Gasteiger partial charge in [-0.15, -0.1) is 6.42 Å². The summed E-state index contributed by atoms with van der Waals surface area (Å²) in [7, 11) is 0. The molecule has 0 unspecified atom stereocenters. The SMILES string of the molecule is C#CC(C)(C)OC[C@@H](O)C[N+]1(Cc2ccc([N+](=O)[O-])cc2)CCCCCC1. The summed E-state index contributed by atoms with van der Waals surface area (Å²) in [5, 5.41) is 21.5. The van der Waals surface area contributed by atoms with Crippen molar-refractivity contribution in [2.75, 3.05) is 26.2 Å². The zero-order chi connectivity index (χ0) is 19.9. The van der Waals surface area contributed by atoms with Crippen molar-refractivity contribution in [3.05, 3.63) is 39.9 Å². The lowest BCUT2D eigenvalue weighted by Gasteiger charge is -2.39. The number of aliphatic hydroxyl groups is 1. The standard InChI is InChI=1S/C21H31N2O4/c1-4-21(2,3)27-17-20(24)16-23(13-7-5-6-8-14-23)15-18-9-11-19(12-10-18)22(25)26/h1,9-12,20,24H,5-8,13-17H2,2-3H3/q+1/t20-/m0/s1. The van der Waals surface area contributed by atoms with Gasteiger partial charge in [0.05, 0.1) is 24.6 Å². The molecule has 1 atom stereocenters. The Hall–Kier alpha value is -1.94. The molecule has 148 valence electrons. The number of nitro benzene ring substituents is 1. The van der Waals surface area contributed by atoms with Crippen LogP contribution in [-0.2, 0) is 11.3 Å². The molecule has 6 nitrogen and oxygen atoms in total. The molecule has 0 bridgehead atoms. The molecule has 0 aliphatic carbocycles. The first-order valence-corrected chi connectivity index (χ1v) is 9.63. The van der Waals surface area contributed by atoms with Gasteiger partial charge in [-0.25, -0.2) is 0 Å². The number of nitrogens with zero attached hydrogens (tertiary/aromatic N) is 2. The molecule has 27 heavy (non-hydrogen) atoms. The van der Waals surface area contributed by atoms with Gasteiger partial charge in [-0.1, -0.05) is 5.92 Å². The number of likely N-dealkylation sites (tertiary alicyclic amines) is 1. The lowest BCUT2D eigenvalue weighted by atomic mass is 10.1. The second-order valence-corrected chi connectivity index (χ2v) is 8.09. The van der Waals surface area contributed by atoms with Gasteiger partial charge in [0.2, 0.25) is 0 Å². The van der Waals surface area contributed by atoms with Crippen LogP contribution in [0.25, 0.3) is 0 Å². The van der Waals surface area contributed by atoms with Gasteiger partial charge >= 0.3 is 0 Å². The molecule has 1 aromatic carbocycles. The zero-order valence-corrected chi connectivity index (χ0v) is 16.4. The summed E-state index contributed by atoms with van der Waals surface area (Å²) in [5.41, 5.74) is 0.467. The fourth-order valence-corrected chi connectivity index (χ4v) is 3.72. The number of nitro groups is 1. The molecule has 2 rings (SSSR count). The Bertz CT molecular complexity index is 656.